The van der Waals surface area contributed by atoms with Gasteiger partial charge in [-0.2, -0.15) is 9.40 Å². The Balaban J connectivity index is 1.56. The van der Waals surface area contributed by atoms with Crippen molar-refractivity contribution >= 4 is 26.5 Å². The van der Waals surface area contributed by atoms with E-state index in [4.69, 9.17) is 0 Å². The topological polar surface area (TPSA) is 69.3 Å². The Morgan fingerprint density at radius 1 is 0.962 bits per heavy atom. The number of hydrogen-bond acceptors (Lipinski definition) is 4. The lowest BCUT2D eigenvalue weighted by Gasteiger charge is -2.35. The first kappa shape index (κ1) is 17.1. The van der Waals surface area contributed by atoms with Crippen LogP contribution in [0.3, 0.4) is 0 Å². The number of hydrogen-bond donors (Lipinski definition) is 1. The van der Waals surface area contributed by atoms with Gasteiger partial charge in [-0.25, -0.2) is 8.42 Å². The van der Waals surface area contributed by atoms with E-state index < -0.39 is 10.0 Å². The number of benzene rings is 2. The van der Waals surface area contributed by atoms with Gasteiger partial charge in [0.15, 0.2) is 0 Å². The highest BCUT2D eigenvalue weighted by molar-refractivity contribution is 7.89. The first-order valence-corrected chi connectivity index (χ1v) is 10.2. The van der Waals surface area contributed by atoms with Gasteiger partial charge in [0.05, 0.1) is 22.0 Å². The van der Waals surface area contributed by atoms with Crippen LogP contribution in [0.1, 0.15) is 11.4 Å². The van der Waals surface area contributed by atoms with E-state index in [1.165, 1.54) is 0 Å². The van der Waals surface area contributed by atoms with Gasteiger partial charge < -0.3 is 4.90 Å². The van der Waals surface area contributed by atoms with E-state index >= 15 is 0 Å². The van der Waals surface area contributed by atoms with E-state index in [9.17, 15) is 8.42 Å². The number of piperazine rings is 1. The van der Waals surface area contributed by atoms with Gasteiger partial charge in [-0.15, -0.1) is 0 Å². The van der Waals surface area contributed by atoms with Crippen molar-refractivity contribution in [2.45, 2.75) is 18.7 Å². The Morgan fingerprint density at radius 2 is 1.65 bits per heavy atom. The third kappa shape index (κ3) is 2.87. The van der Waals surface area contributed by atoms with E-state index in [-0.39, 0.29) is 0 Å². The molecule has 0 unspecified atom stereocenters. The molecule has 1 saturated heterocycles. The number of H-pyrrole nitrogens is 1. The molecule has 0 amide bonds. The van der Waals surface area contributed by atoms with Crippen molar-refractivity contribution in [3.8, 4) is 0 Å². The zero-order chi connectivity index (χ0) is 18.3. The SMILES string of the molecule is Cc1n[nH]c(C)c1N1CCN(S(=O)(=O)c2ccc3ccccc3c2)CC1. The van der Waals surface area contributed by atoms with Crippen LogP contribution in [0.15, 0.2) is 47.4 Å². The molecule has 7 heteroatoms. The number of nitrogens with one attached hydrogen (secondary N) is 1. The number of aromatic nitrogens is 2. The summed E-state index contributed by atoms with van der Waals surface area (Å²) in [6, 6.07) is 13.1. The molecule has 0 atom stereocenters. The summed E-state index contributed by atoms with van der Waals surface area (Å²) < 4.78 is 27.7. The summed E-state index contributed by atoms with van der Waals surface area (Å²) in [5.41, 5.74) is 3.06. The van der Waals surface area contributed by atoms with Crippen LogP contribution < -0.4 is 4.90 Å². The van der Waals surface area contributed by atoms with Gasteiger partial charge in [0.2, 0.25) is 10.0 Å². The van der Waals surface area contributed by atoms with E-state index in [0.29, 0.717) is 31.1 Å². The van der Waals surface area contributed by atoms with Gasteiger partial charge in [0.1, 0.15) is 0 Å². The summed E-state index contributed by atoms with van der Waals surface area (Å²) in [5, 5.41) is 9.22. The van der Waals surface area contributed by atoms with Crippen molar-refractivity contribution in [2.75, 3.05) is 31.1 Å². The van der Waals surface area contributed by atoms with Crippen molar-refractivity contribution in [1.29, 1.82) is 0 Å². The van der Waals surface area contributed by atoms with Crippen molar-refractivity contribution < 1.29 is 8.42 Å². The summed E-state index contributed by atoms with van der Waals surface area (Å²) >= 11 is 0. The Hall–Kier alpha value is -2.38. The van der Waals surface area contributed by atoms with Crippen LogP contribution in [0.4, 0.5) is 5.69 Å². The molecule has 0 bridgehead atoms. The number of aromatic amines is 1. The molecule has 26 heavy (non-hydrogen) atoms. The highest BCUT2D eigenvalue weighted by atomic mass is 32.2. The summed E-state index contributed by atoms with van der Waals surface area (Å²) in [6.07, 6.45) is 0. The summed E-state index contributed by atoms with van der Waals surface area (Å²) in [4.78, 5) is 2.57. The molecule has 2 heterocycles. The monoisotopic (exact) mass is 370 g/mol. The number of rotatable bonds is 3. The van der Waals surface area contributed by atoms with Gasteiger partial charge in [-0.1, -0.05) is 30.3 Å². The van der Waals surface area contributed by atoms with Crippen molar-refractivity contribution in [3.63, 3.8) is 0 Å². The maximum absolute atomic E-state index is 13.0. The first-order chi connectivity index (χ1) is 12.5. The molecule has 4 rings (SSSR count). The summed E-state index contributed by atoms with van der Waals surface area (Å²) in [5.74, 6) is 0. The van der Waals surface area contributed by atoms with Crippen LogP contribution in [0, 0.1) is 13.8 Å². The van der Waals surface area contributed by atoms with E-state index in [1.807, 2.05) is 44.2 Å². The molecule has 0 spiro atoms. The first-order valence-electron chi connectivity index (χ1n) is 8.72. The zero-order valence-electron chi connectivity index (χ0n) is 14.9. The lowest BCUT2D eigenvalue weighted by atomic mass is 10.1. The lowest BCUT2D eigenvalue weighted by molar-refractivity contribution is 0.384. The summed E-state index contributed by atoms with van der Waals surface area (Å²) in [6.45, 7) is 6.23. The van der Waals surface area contributed by atoms with Gasteiger partial charge >= 0.3 is 0 Å². The smallest absolute Gasteiger partial charge is 0.243 e. The minimum absolute atomic E-state index is 0.361. The van der Waals surface area contributed by atoms with Crippen LogP contribution in [-0.4, -0.2) is 49.1 Å². The molecule has 136 valence electrons. The average molecular weight is 370 g/mol. The second-order valence-electron chi connectivity index (χ2n) is 6.68. The molecular formula is C19H22N4O2S. The average Bonchev–Trinajstić information content (AvgIpc) is 3.00. The van der Waals surface area contributed by atoms with Gasteiger partial charge in [0.25, 0.3) is 0 Å². The molecule has 6 nitrogen and oxygen atoms in total. The van der Waals surface area contributed by atoms with Crippen molar-refractivity contribution in [2.24, 2.45) is 0 Å². The molecule has 1 N–H and O–H groups in total. The quantitative estimate of drug-likeness (QED) is 0.770. The minimum atomic E-state index is -3.48. The normalized spacial score (nSPS) is 16.3. The minimum Gasteiger partial charge on any atom is -0.366 e. The van der Waals surface area contributed by atoms with Crippen LogP contribution in [-0.2, 0) is 10.0 Å². The zero-order valence-corrected chi connectivity index (χ0v) is 15.8. The van der Waals surface area contributed by atoms with Gasteiger partial charge in [0, 0.05) is 26.2 Å². The van der Waals surface area contributed by atoms with Crippen molar-refractivity contribution in [1.82, 2.24) is 14.5 Å². The third-order valence-electron chi connectivity index (χ3n) is 5.00. The molecule has 1 aromatic heterocycles. The predicted molar refractivity (Wildman–Crippen MR) is 103 cm³/mol. The standard InChI is InChI=1S/C19H22N4O2S/c1-14-19(15(2)21-20-14)22-9-11-23(12-10-22)26(24,25)18-8-7-16-5-3-4-6-17(16)13-18/h3-8,13H,9-12H2,1-2H3,(H,20,21). The molecule has 0 aliphatic carbocycles. The van der Waals surface area contributed by atoms with Crippen LogP contribution >= 0.6 is 0 Å². The molecule has 1 fully saturated rings. The van der Waals surface area contributed by atoms with Crippen LogP contribution in [0.5, 0.6) is 0 Å². The van der Waals surface area contributed by atoms with Crippen molar-refractivity contribution in [3.05, 3.63) is 53.9 Å². The second-order valence-corrected chi connectivity index (χ2v) is 8.62. The van der Waals surface area contributed by atoms with E-state index in [0.717, 1.165) is 27.8 Å². The molecule has 1 aliphatic rings. The highest BCUT2D eigenvalue weighted by Crippen LogP contribution is 2.26. The molecular weight excluding hydrogens is 348 g/mol. The Labute approximate surface area is 153 Å². The number of anilines is 1. The van der Waals surface area contributed by atoms with E-state index in [1.54, 1.807) is 16.4 Å². The Kier molecular flexibility index (Phi) is 4.20. The van der Waals surface area contributed by atoms with E-state index in [2.05, 4.69) is 15.1 Å². The molecule has 1 aliphatic heterocycles. The molecule has 0 radical (unpaired) electrons. The number of nitrogens with zero attached hydrogens (tertiary/aromatic N) is 3. The fourth-order valence-corrected chi connectivity index (χ4v) is 5.10. The summed E-state index contributed by atoms with van der Waals surface area (Å²) in [7, 11) is -3.48. The fraction of sp³-hybridized carbons (Fsp3) is 0.316. The highest BCUT2D eigenvalue weighted by Gasteiger charge is 2.30. The Bertz CT molecular complexity index is 1030. The number of aryl methyl sites for hydroxylation is 2. The third-order valence-corrected chi connectivity index (χ3v) is 6.90. The second kappa shape index (κ2) is 6.41. The maximum atomic E-state index is 13.0. The molecule has 2 aromatic carbocycles. The largest absolute Gasteiger partial charge is 0.366 e. The fourth-order valence-electron chi connectivity index (χ4n) is 3.64. The van der Waals surface area contributed by atoms with Gasteiger partial charge in [-0.3, -0.25) is 5.10 Å². The Morgan fingerprint density at radius 3 is 2.31 bits per heavy atom. The predicted octanol–water partition coefficient (Wildman–Crippen LogP) is 2.69. The lowest BCUT2D eigenvalue weighted by Crippen LogP contribution is -2.48. The number of fused-ring (bicyclic) bond motifs is 1. The number of sulfonamides is 1. The molecule has 3 aromatic rings. The van der Waals surface area contributed by atoms with Crippen LogP contribution in [0.25, 0.3) is 10.8 Å². The maximum Gasteiger partial charge on any atom is 0.243 e. The van der Waals surface area contributed by atoms with Gasteiger partial charge in [-0.05, 0) is 36.8 Å². The van der Waals surface area contributed by atoms with Crippen LogP contribution in [0.2, 0.25) is 0 Å². The molecule has 0 saturated carbocycles.